The molecule has 10 heteroatoms. The molecule has 2 amide bonds. The number of ether oxygens (including phenoxy) is 1. The molecule has 0 N–H and O–H groups in total. The van der Waals surface area contributed by atoms with E-state index in [-0.39, 0.29) is 41.8 Å². The minimum absolute atomic E-state index is 0. The molecule has 3 aromatic carbocycles. The molecule has 0 radical (unpaired) electrons. The number of benzene rings is 3. The van der Waals surface area contributed by atoms with Crippen molar-refractivity contribution in [2.75, 3.05) is 26.2 Å². The molecule has 8 nitrogen and oxygen atoms in total. The third-order valence-electron chi connectivity index (χ3n) is 6.74. The van der Waals surface area contributed by atoms with Gasteiger partial charge < -0.3 is 9.64 Å². The van der Waals surface area contributed by atoms with Crippen LogP contribution in [0.2, 0.25) is 0 Å². The van der Waals surface area contributed by atoms with E-state index in [0.717, 1.165) is 26.1 Å². The highest BCUT2D eigenvalue weighted by Gasteiger charge is 2.39. The summed E-state index contributed by atoms with van der Waals surface area (Å²) in [6, 6.07) is 13.3. The first-order valence-electron chi connectivity index (χ1n) is 11.6. The zero-order valence-corrected chi connectivity index (χ0v) is 20.2. The Morgan fingerprint density at radius 2 is 1.64 bits per heavy atom. The van der Waals surface area contributed by atoms with Crippen LogP contribution >= 0.6 is 12.4 Å². The lowest BCUT2D eigenvalue weighted by Crippen LogP contribution is -2.51. The van der Waals surface area contributed by atoms with Crippen LogP contribution in [0.25, 0.3) is 10.8 Å². The second-order valence-electron chi connectivity index (χ2n) is 8.83. The fraction of sp³-hybridized carbons (Fsp3) is 0.308. The summed E-state index contributed by atoms with van der Waals surface area (Å²) in [6.07, 6.45) is 2.13. The van der Waals surface area contributed by atoms with Gasteiger partial charge in [-0.15, -0.1) is 12.4 Å². The van der Waals surface area contributed by atoms with Gasteiger partial charge in [0.15, 0.2) is 0 Å². The molecule has 3 aromatic rings. The van der Waals surface area contributed by atoms with Gasteiger partial charge >= 0.3 is 0 Å². The van der Waals surface area contributed by atoms with Crippen LogP contribution < -0.4 is 4.74 Å². The van der Waals surface area contributed by atoms with Gasteiger partial charge in [-0.1, -0.05) is 6.07 Å². The van der Waals surface area contributed by atoms with Gasteiger partial charge in [0.2, 0.25) is 0 Å². The molecule has 0 saturated carbocycles. The first kappa shape index (κ1) is 25.5. The summed E-state index contributed by atoms with van der Waals surface area (Å²) >= 11 is 0. The Morgan fingerprint density at radius 3 is 2.31 bits per heavy atom. The lowest BCUT2D eigenvalue weighted by molar-refractivity contribution is -0.383. The number of carbonyl (C=O) groups excluding carboxylic acids is 2. The monoisotopic (exact) mass is 513 g/mol. The van der Waals surface area contributed by atoms with Crippen molar-refractivity contribution >= 4 is 40.7 Å². The minimum Gasteiger partial charge on any atom is -0.494 e. The first-order valence-corrected chi connectivity index (χ1v) is 11.6. The molecule has 0 unspecified atom stereocenters. The summed E-state index contributed by atoms with van der Waals surface area (Å²) in [6.45, 7) is 2.83. The van der Waals surface area contributed by atoms with E-state index in [1.54, 1.807) is 30.3 Å². The zero-order chi connectivity index (χ0) is 24.5. The summed E-state index contributed by atoms with van der Waals surface area (Å²) in [7, 11) is 0. The van der Waals surface area contributed by atoms with Crippen LogP contribution in [0.4, 0.5) is 10.1 Å². The standard InChI is InChI=1S/C26H24FN3O5.ClH/c27-17-5-7-19(8-6-17)35-16-2-13-28-14-11-18(12-15-28)29-25(31)21-4-1-3-20-23(30(33)34)10-9-22(24(20)21)26(29)32;/h1,3-10,18H,2,11-16H2;1H. The number of nitro benzene ring substituents is 1. The molecule has 188 valence electrons. The SMILES string of the molecule is Cl.O=C1c2cccc3c([N+](=O)[O-])ccc(c23)C(=O)N1C1CCN(CCCOc2ccc(F)cc2)CC1. The molecule has 2 aliphatic heterocycles. The number of hydrogen-bond donors (Lipinski definition) is 0. The van der Waals surface area contributed by atoms with Crippen LogP contribution in [0, 0.1) is 15.9 Å². The van der Waals surface area contributed by atoms with E-state index < -0.39 is 4.92 Å². The van der Waals surface area contributed by atoms with Crippen molar-refractivity contribution in [1.82, 2.24) is 9.80 Å². The number of nitro groups is 1. The second kappa shape index (κ2) is 10.6. The largest absolute Gasteiger partial charge is 0.494 e. The van der Waals surface area contributed by atoms with E-state index in [0.29, 0.717) is 47.1 Å². The highest BCUT2D eigenvalue weighted by atomic mass is 35.5. The first-order chi connectivity index (χ1) is 16.9. The molecule has 0 aromatic heterocycles. The molecule has 0 bridgehead atoms. The van der Waals surface area contributed by atoms with Crippen molar-refractivity contribution in [3.63, 3.8) is 0 Å². The average Bonchev–Trinajstić information content (AvgIpc) is 2.86. The quantitative estimate of drug-likeness (QED) is 0.194. The molecule has 2 heterocycles. The highest BCUT2D eigenvalue weighted by molar-refractivity contribution is 6.26. The lowest BCUT2D eigenvalue weighted by Gasteiger charge is -2.39. The van der Waals surface area contributed by atoms with E-state index >= 15 is 0 Å². The Morgan fingerprint density at radius 1 is 0.972 bits per heavy atom. The zero-order valence-electron chi connectivity index (χ0n) is 19.4. The summed E-state index contributed by atoms with van der Waals surface area (Å²) in [5.74, 6) is -0.445. The Kier molecular flexibility index (Phi) is 7.51. The molecule has 0 atom stereocenters. The van der Waals surface area contributed by atoms with Crippen molar-refractivity contribution in [3.05, 3.63) is 81.7 Å². The van der Waals surface area contributed by atoms with E-state index in [1.165, 1.54) is 29.2 Å². The summed E-state index contributed by atoms with van der Waals surface area (Å²) < 4.78 is 18.6. The Labute approximate surface area is 213 Å². The number of halogens is 2. The molecular formula is C26H25ClFN3O5. The summed E-state index contributed by atoms with van der Waals surface area (Å²) in [5.41, 5.74) is 0.554. The van der Waals surface area contributed by atoms with E-state index in [2.05, 4.69) is 4.90 Å². The maximum Gasteiger partial charge on any atom is 0.277 e. The second-order valence-corrected chi connectivity index (χ2v) is 8.83. The van der Waals surface area contributed by atoms with Gasteiger partial charge in [0.25, 0.3) is 17.5 Å². The lowest BCUT2D eigenvalue weighted by atomic mass is 9.90. The number of likely N-dealkylation sites (tertiary alicyclic amines) is 1. The fourth-order valence-corrected chi connectivity index (χ4v) is 5.00. The topological polar surface area (TPSA) is 93.0 Å². The van der Waals surface area contributed by atoms with Crippen LogP contribution in [0.15, 0.2) is 54.6 Å². The molecule has 1 fully saturated rings. The van der Waals surface area contributed by atoms with Crippen molar-refractivity contribution in [2.45, 2.75) is 25.3 Å². The predicted molar refractivity (Wildman–Crippen MR) is 134 cm³/mol. The predicted octanol–water partition coefficient (Wildman–Crippen LogP) is 4.84. The van der Waals surface area contributed by atoms with Crippen LogP contribution in [0.3, 0.4) is 0 Å². The van der Waals surface area contributed by atoms with Crippen molar-refractivity contribution in [3.8, 4) is 5.75 Å². The van der Waals surface area contributed by atoms with Gasteiger partial charge in [-0.05, 0) is 61.7 Å². The Balaban J connectivity index is 0.00000304. The average molecular weight is 514 g/mol. The van der Waals surface area contributed by atoms with E-state index in [4.69, 9.17) is 4.74 Å². The molecular weight excluding hydrogens is 489 g/mol. The number of amides is 2. The third-order valence-corrected chi connectivity index (χ3v) is 6.74. The van der Waals surface area contributed by atoms with Crippen molar-refractivity contribution in [1.29, 1.82) is 0 Å². The number of hydrogen-bond acceptors (Lipinski definition) is 6. The van der Waals surface area contributed by atoms with Crippen LogP contribution in [0.1, 0.15) is 40.0 Å². The smallest absolute Gasteiger partial charge is 0.277 e. The van der Waals surface area contributed by atoms with Crippen LogP contribution in [-0.4, -0.2) is 58.8 Å². The summed E-state index contributed by atoms with van der Waals surface area (Å²) in [4.78, 5) is 41.2. The number of nitrogens with zero attached hydrogens (tertiary/aromatic N) is 3. The molecule has 5 rings (SSSR count). The van der Waals surface area contributed by atoms with Gasteiger partial charge in [-0.25, -0.2) is 4.39 Å². The molecule has 36 heavy (non-hydrogen) atoms. The Hall–Kier alpha value is -3.56. The van der Waals surface area contributed by atoms with Gasteiger partial charge in [-0.3, -0.25) is 24.6 Å². The van der Waals surface area contributed by atoms with Gasteiger partial charge in [0.05, 0.1) is 16.9 Å². The number of rotatable bonds is 7. The van der Waals surface area contributed by atoms with E-state index in [9.17, 15) is 24.1 Å². The molecule has 1 saturated heterocycles. The number of non-ortho nitro benzene ring substituents is 1. The maximum atomic E-state index is 13.3. The maximum absolute atomic E-state index is 13.3. The van der Waals surface area contributed by atoms with Crippen LogP contribution in [0.5, 0.6) is 5.75 Å². The van der Waals surface area contributed by atoms with Crippen molar-refractivity contribution < 1.29 is 23.6 Å². The minimum atomic E-state index is -0.495. The molecule has 0 aliphatic carbocycles. The Bertz CT molecular complexity index is 1290. The van der Waals surface area contributed by atoms with E-state index in [1.807, 2.05) is 0 Å². The fourth-order valence-electron chi connectivity index (χ4n) is 5.00. The highest BCUT2D eigenvalue weighted by Crippen LogP contribution is 2.36. The number of imide groups is 1. The molecule has 2 aliphatic rings. The molecule has 0 spiro atoms. The van der Waals surface area contributed by atoms with Gasteiger partial charge in [0, 0.05) is 48.3 Å². The van der Waals surface area contributed by atoms with Crippen LogP contribution in [-0.2, 0) is 0 Å². The van der Waals surface area contributed by atoms with Crippen molar-refractivity contribution in [2.24, 2.45) is 0 Å². The number of piperidine rings is 1. The number of carbonyl (C=O) groups is 2. The third kappa shape index (κ3) is 4.76. The van der Waals surface area contributed by atoms with Gasteiger partial charge in [0.1, 0.15) is 11.6 Å². The summed E-state index contributed by atoms with van der Waals surface area (Å²) in [5, 5.41) is 12.1. The van der Waals surface area contributed by atoms with Gasteiger partial charge in [-0.2, -0.15) is 0 Å². The normalized spacial score (nSPS) is 16.2.